The number of benzene rings is 1. The third kappa shape index (κ3) is 8.44. The van der Waals surface area contributed by atoms with E-state index in [1.165, 1.54) is 11.1 Å². The van der Waals surface area contributed by atoms with Crippen LogP contribution in [0.5, 0.6) is 11.5 Å². The van der Waals surface area contributed by atoms with Gasteiger partial charge in [-0.05, 0) is 61.1 Å². The van der Waals surface area contributed by atoms with E-state index in [2.05, 4.69) is 22.4 Å². The van der Waals surface area contributed by atoms with Crippen molar-refractivity contribution in [3.05, 3.63) is 47.7 Å². The Balaban J connectivity index is 0.00000261. The summed E-state index contributed by atoms with van der Waals surface area (Å²) in [6.07, 6.45) is 5.24. The molecule has 1 aromatic heterocycles. The lowest BCUT2D eigenvalue weighted by molar-refractivity contribution is 0.103. The van der Waals surface area contributed by atoms with Crippen LogP contribution in [0.25, 0.3) is 0 Å². The van der Waals surface area contributed by atoms with Gasteiger partial charge < -0.3 is 25.6 Å². The molecule has 6 nitrogen and oxygen atoms in total. The molecule has 1 heterocycles. The summed E-state index contributed by atoms with van der Waals surface area (Å²) in [5, 5.41) is 13.7. The van der Waals surface area contributed by atoms with Gasteiger partial charge in [0.05, 0.1) is 13.3 Å². The maximum atomic E-state index is 10.2. The van der Waals surface area contributed by atoms with Crippen LogP contribution < -0.4 is 20.5 Å². The number of anilines is 1. The molecule has 1 aliphatic carbocycles. The molecule has 164 valence electrons. The molecule has 1 aromatic carbocycles. The summed E-state index contributed by atoms with van der Waals surface area (Å²) in [5.41, 5.74) is 8.27. The van der Waals surface area contributed by atoms with Gasteiger partial charge in [0.25, 0.3) is 0 Å². The van der Waals surface area contributed by atoms with Gasteiger partial charge >= 0.3 is 0 Å². The highest BCUT2D eigenvalue weighted by Gasteiger charge is 2.18. The molecule has 9 heteroatoms. The van der Waals surface area contributed by atoms with Crippen molar-refractivity contribution in [1.82, 2.24) is 10.3 Å². The van der Waals surface area contributed by atoms with Crippen LogP contribution in [0, 0.1) is 0 Å². The van der Waals surface area contributed by atoms with Gasteiger partial charge in [-0.25, -0.2) is 4.98 Å². The molecule has 1 aliphatic rings. The number of hydrogen-bond acceptors (Lipinski definition) is 6. The Bertz CT molecular complexity index is 720. The van der Waals surface area contributed by atoms with Crippen LogP contribution in [0.4, 0.5) is 5.82 Å². The predicted octanol–water partition coefficient (Wildman–Crippen LogP) is 3.21. The fraction of sp³-hybridized carbons (Fsp3) is 0.450. The second-order valence-corrected chi connectivity index (χ2v) is 6.72. The van der Waals surface area contributed by atoms with E-state index in [1.807, 2.05) is 6.07 Å². The smallest absolute Gasteiger partial charge is 0.137 e. The highest BCUT2D eigenvalue weighted by molar-refractivity contribution is 5.86. The number of aliphatic hydroxyl groups excluding tert-OH is 1. The lowest BCUT2D eigenvalue weighted by atomic mass is 10.0. The van der Waals surface area contributed by atoms with E-state index in [1.54, 1.807) is 25.4 Å². The Morgan fingerprint density at radius 2 is 1.93 bits per heavy atom. The van der Waals surface area contributed by atoms with Crippen LogP contribution >= 0.6 is 37.2 Å². The average Bonchev–Trinajstić information content (AvgIpc) is 2.87. The first-order valence-corrected chi connectivity index (χ1v) is 9.05. The topological polar surface area (TPSA) is 89.6 Å². The van der Waals surface area contributed by atoms with E-state index < -0.39 is 6.10 Å². The molecule has 0 saturated carbocycles. The summed E-state index contributed by atoms with van der Waals surface area (Å²) in [6.45, 7) is 0.710. The molecule has 0 aliphatic heterocycles. The number of nitrogens with one attached hydrogen (secondary N) is 1. The number of halogens is 3. The van der Waals surface area contributed by atoms with Gasteiger partial charge in [0, 0.05) is 12.6 Å². The molecular formula is C20H30Cl3N3O3. The zero-order chi connectivity index (χ0) is 18.4. The van der Waals surface area contributed by atoms with E-state index in [4.69, 9.17) is 15.2 Å². The summed E-state index contributed by atoms with van der Waals surface area (Å²) in [5.74, 6) is 1.95. The van der Waals surface area contributed by atoms with Gasteiger partial charge in [-0.3, -0.25) is 0 Å². The molecule has 3 rings (SSSR count). The number of pyridine rings is 1. The third-order valence-electron chi connectivity index (χ3n) is 4.72. The van der Waals surface area contributed by atoms with Crippen molar-refractivity contribution in [3.8, 4) is 11.5 Å². The Morgan fingerprint density at radius 1 is 1.17 bits per heavy atom. The minimum Gasteiger partial charge on any atom is -0.497 e. The zero-order valence-electron chi connectivity index (χ0n) is 16.4. The Labute approximate surface area is 190 Å². The Morgan fingerprint density at radius 3 is 2.62 bits per heavy atom. The third-order valence-corrected chi connectivity index (χ3v) is 4.72. The number of hydrogen-bond donors (Lipinski definition) is 3. The molecule has 0 amide bonds. The van der Waals surface area contributed by atoms with Crippen molar-refractivity contribution in [2.24, 2.45) is 0 Å². The van der Waals surface area contributed by atoms with Gasteiger partial charge in [0.1, 0.15) is 30.0 Å². The predicted molar refractivity (Wildman–Crippen MR) is 123 cm³/mol. The lowest BCUT2D eigenvalue weighted by Crippen LogP contribution is -2.39. The number of fused-ring (bicyclic) bond motifs is 1. The van der Waals surface area contributed by atoms with E-state index in [0.29, 0.717) is 24.2 Å². The second-order valence-electron chi connectivity index (χ2n) is 6.72. The van der Waals surface area contributed by atoms with Gasteiger partial charge in [-0.1, -0.05) is 6.07 Å². The summed E-state index contributed by atoms with van der Waals surface area (Å²) in [6, 6.07) is 10.1. The summed E-state index contributed by atoms with van der Waals surface area (Å²) < 4.78 is 10.9. The molecular weight excluding hydrogens is 437 g/mol. The van der Waals surface area contributed by atoms with Crippen molar-refractivity contribution in [2.75, 3.05) is 26.0 Å². The highest BCUT2D eigenvalue weighted by Crippen LogP contribution is 2.25. The van der Waals surface area contributed by atoms with E-state index in [0.717, 1.165) is 31.4 Å². The lowest BCUT2D eigenvalue weighted by Gasteiger charge is -2.20. The molecule has 0 saturated heterocycles. The number of aliphatic hydroxyl groups is 1. The second kappa shape index (κ2) is 13.7. The van der Waals surface area contributed by atoms with E-state index >= 15 is 0 Å². The first-order valence-electron chi connectivity index (χ1n) is 9.05. The SMILES string of the molecule is COc1ccc2c(c1)CC(NC[C@H](O)COc1ccc(N)nc1)CCC2.Cl.Cl.Cl. The van der Waals surface area contributed by atoms with Crippen LogP contribution in [0.3, 0.4) is 0 Å². The molecule has 4 N–H and O–H groups in total. The van der Waals surface area contributed by atoms with Crippen molar-refractivity contribution >= 4 is 43.0 Å². The number of aryl methyl sites for hydroxylation is 1. The highest BCUT2D eigenvalue weighted by atomic mass is 35.5. The largest absolute Gasteiger partial charge is 0.497 e. The number of nitrogens with two attached hydrogens (primary N) is 1. The van der Waals surface area contributed by atoms with Crippen LogP contribution in [0.15, 0.2) is 36.5 Å². The molecule has 1 unspecified atom stereocenters. The minimum absolute atomic E-state index is 0. The quantitative estimate of drug-likeness (QED) is 0.543. The molecule has 2 atom stereocenters. The van der Waals surface area contributed by atoms with Gasteiger partial charge in [0.2, 0.25) is 0 Å². The number of nitrogens with zero attached hydrogens (tertiary/aromatic N) is 1. The maximum Gasteiger partial charge on any atom is 0.137 e. The molecule has 0 radical (unpaired) electrons. The van der Waals surface area contributed by atoms with Crippen molar-refractivity contribution in [3.63, 3.8) is 0 Å². The molecule has 0 bridgehead atoms. The summed E-state index contributed by atoms with van der Waals surface area (Å²) in [4.78, 5) is 3.97. The van der Waals surface area contributed by atoms with E-state index in [-0.39, 0.29) is 43.8 Å². The fourth-order valence-electron chi connectivity index (χ4n) is 3.28. The Hall–Kier alpha value is -1.44. The minimum atomic E-state index is -0.583. The number of ether oxygens (including phenoxy) is 2. The molecule has 29 heavy (non-hydrogen) atoms. The van der Waals surface area contributed by atoms with Crippen molar-refractivity contribution < 1.29 is 14.6 Å². The van der Waals surface area contributed by atoms with Crippen LogP contribution in [-0.2, 0) is 12.8 Å². The fourth-order valence-corrected chi connectivity index (χ4v) is 3.28. The standard InChI is InChI=1S/C20H27N3O3.3ClH/c1-25-18-6-5-14-3-2-4-16(9-15(14)10-18)22-11-17(24)13-26-19-7-8-20(21)23-12-19;;;/h5-8,10,12,16-17,22,24H,2-4,9,11,13H2,1H3,(H2,21,23);3*1H/t16?,17-;;;/m0.../s1. The molecule has 0 fully saturated rings. The van der Waals surface area contributed by atoms with Gasteiger partial charge in [-0.2, -0.15) is 0 Å². The maximum absolute atomic E-state index is 10.2. The van der Waals surface area contributed by atoms with Crippen molar-refractivity contribution in [2.45, 2.75) is 37.8 Å². The number of nitrogen functional groups attached to an aromatic ring is 1. The number of rotatable bonds is 7. The zero-order valence-corrected chi connectivity index (χ0v) is 18.8. The normalized spacial score (nSPS) is 16.0. The summed E-state index contributed by atoms with van der Waals surface area (Å²) in [7, 11) is 1.70. The first kappa shape index (κ1) is 27.6. The summed E-state index contributed by atoms with van der Waals surface area (Å²) >= 11 is 0. The van der Waals surface area contributed by atoms with Gasteiger partial charge in [-0.15, -0.1) is 37.2 Å². The monoisotopic (exact) mass is 465 g/mol. The first-order chi connectivity index (χ1) is 12.6. The molecule has 0 spiro atoms. The van der Waals surface area contributed by atoms with Crippen molar-refractivity contribution in [1.29, 1.82) is 0 Å². The van der Waals surface area contributed by atoms with Crippen LogP contribution in [0.1, 0.15) is 24.0 Å². The van der Waals surface area contributed by atoms with Crippen LogP contribution in [0.2, 0.25) is 0 Å². The average molecular weight is 467 g/mol. The number of aromatic nitrogens is 1. The molecule has 2 aromatic rings. The van der Waals surface area contributed by atoms with E-state index in [9.17, 15) is 5.11 Å². The number of methoxy groups -OCH3 is 1. The van der Waals surface area contributed by atoms with Crippen LogP contribution in [-0.4, -0.2) is 42.5 Å². The Kier molecular flexibility index (Phi) is 13.0. The van der Waals surface area contributed by atoms with Gasteiger partial charge in [0.15, 0.2) is 0 Å².